The first-order valence-corrected chi connectivity index (χ1v) is 7.79. The molecule has 0 aromatic rings. The van der Waals surface area contributed by atoms with Crippen molar-refractivity contribution in [2.45, 2.75) is 78.0 Å². The van der Waals surface area contributed by atoms with E-state index in [1.807, 2.05) is 25.7 Å². The number of nitrogens with zero attached hydrogens (tertiary/aromatic N) is 1. The molecule has 1 amide bonds. The highest BCUT2D eigenvalue weighted by molar-refractivity contribution is 5.69. The summed E-state index contributed by atoms with van der Waals surface area (Å²) in [6.07, 6.45) is 3.47. The molecule has 1 saturated heterocycles. The van der Waals surface area contributed by atoms with E-state index in [4.69, 9.17) is 4.74 Å². The number of amides is 1. The molecule has 1 aliphatic carbocycles. The third-order valence-corrected chi connectivity index (χ3v) is 4.75. The zero-order valence-electron chi connectivity index (χ0n) is 13.5. The summed E-state index contributed by atoms with van der Waals surface area (Å²) in [6, 6.07) is 0.140. The number of rotatable bonds is 1. The van der Waals surface area contributed by atoms with E-state index in [-0.39, 0.29) is 29.6 Å². The summed E-state index contributed by atoms with van der Waals surface area (Å²) in [5.41, 5.74) is -0.495. The molecule has 1 saturated carbocycles. The normalized spacial score (nSPS) is 33.5. The van der Waals surface area contributed by atoms with Gasteiger partial charge in [0, 0.05) is 18.5 Å². The molecular formula is C16H29NO3. The summed E-state index contributed by atoms with van der Waals surface area (Å²) < 4.78 is 5.50. The molecule has 3 unspecified atom stereocenters. The van der Waals surface area contributed by atoms with E-state index >= 15 is 0 Å². The molecule has 20 heavy (non-hydrogen) atoms. The first-order valence-electron chi connectivity index (χ1n) is 7.79. The van der Waals surface area contributed by atoms with Crippen molar-refractivity contribution in [2.75, 3.05) is 6.54 Å². The lowest BCUT2D eigenvalue weighted by Gasteiger charge is -2.34. The number of carbonyl (C=O) groups is 1. The van der Waals surface area contributed by atoms with Crippen molar-refractivity contribution in [2.24, 2.45) is 11.3 Å². The third-order valence-electron chi connectivity index (χ3n) is 4.75. The fourth-order valence-electron chi connectivity index (χ4n) is 3.61. The minimum atomic E-state index is -0.461. The van der Waals surface area contributed by atoms with Gasteiger partial charge in [-0.15, -0.1) is 0 Å². The first-order chi connectivity index (χ1) is 9.12. The van der Waals surface area contributed by atoms with Crippen molar-refractivity contribution < 1.29 is 14.6 Å². The Balaban J connectivity index is 2.07. The van der Waals surface area contributed by atoms with Gasteiger partial charge in [-0.2, -0.15) is 0 Å². The van der Waals surface area contributed by atoms with Crippen LogP contribution in [0, 0.1) is 11.3 Å². The van der Waals surface area contributed by atoms with E-state index in [9.17, 15) is 9.90 Å². The van der Waals surface area contributed by atoms with Gasteiger partial charge in [0.2, 0.25) is 0 Å². The Hall–Kier alpha value is -0.770. The van der Waals surface area contributed by atoms with Crippen LogP contribution in [0.15, 0.2) is 0 Å². The molecule has 4 nitrogen and oxygen atoms in total. The summed E-state index contributed by atoms with van der Waals surface area (Å²) in [5, 5.41) is 10.5. The van der Waals surface area contributed by atoms with E-state index in [1.165, 1.54) is 0 Å². The molecule has 2 rings (SSSR count). The van der Waals surface area contributed by atoms with Crippen LogP contribution < -0.4 is 0 Å². The molecule has 1 aliphatic heterocycles. The first kappa shape index (κ1) is 15.6. The van der Waals surface area contributed by atoms with Gasteiger partial charge in [-0.05, 0) is 51.9 Å². The van der Waals surface area contributed by atoms with Gasteiger partial charge < -0.3 is 14.7 Å². The Morgan fingerprint density at radius 3 is 2.45 bits per heavy atom. The molecule has 0 bridgehead atoms. The highest BCUT2D eigenvalue weighted by Gasteiger charge is 2.48. The van der Waals surface area contributed by atoms with Gasteiger partial charge >= 0.3 is 6.09 Å². The molecule has 4 heteroatoms. The Labute approximate surface area is 122 Å². The molecular weight excluding hydrogens is 254 g/mol. The molecule has 1 heterocycles. The van der Waals surface area contributed by atoms with Crippen LogP contribution in [0.5, 0.6) is 0 Å². The smallest absolute Gasteiger partial charge is 0.410 e. The third kappa shape index (κ3) is 3.11. The molecule has 1 N–H and O–H groups in total. The van der Waals surface area contributed by atoms with Crippen LogP contribution in [0.25, 0.3) is 0 Å². The van der Waals surface area contributed by atoms with Crippen LogP contribution in [0.4, 0.5) is 4.79 Å². The number of carbonyl (C=O) groups excluding carboxylic acids is 1. The summed E-state index contributed by atoms with van der Waals surface area (Å²) in [4.78, 5) is 14.2. The molecule has 0 radical (unpaired) electrons. The van der Waals surface area contributed by atoms with E-state index in [2.05, 4.69) is 13.8 Å². The predicted octanol–water partition coefficient (Wildman–Crippen LogP) is 3.18. The summed E-state index contributed by atoms with van der Waals surface area (Å²) in [6.45, 7) is 10.7. The number of aliphatic hydroxyl groups excluding tert-OH is 1. The van der Waals surface area contributed by atoms with Crippen molar-refractivity contribution in [3.63, 3.8) is 0 Å². The molecule has 0 spiro atoms. The lowest BCUT2D eigenvalue weighted by Crippen LogP contribution is -2.46. The van der Waals surface area contributed by atoms with Crippen LogP contribution in [-0.4, -0.2) is 40.4 Å². The van der Waals surface area contributed by atoms with Gasteiger partial charge in [0.05, 0.1) is 6.10 Å². The van der Waals surface area contributed by atoms with E-state index in [0.29, 0.717) is 0 Å². The lowest BCUT2D eigenvalue weighted by atomic mass is 9.84. The van der Waals surface area contributed by atoms with Crippen LogP contribution >= 0.6 is 0 Å². The predicted molar refractivity (Wildman–Crippen MR) is 78.5 cm³/mol. The SMILES string of the molecule is CC(C)(C)OC(=O)N1CCCC1C1CCC(C)(C)C1O. The van der Waals surface area contributed by atoms with Gasteiger partial charge in [0.15, 0.2) is 0 Å². The Bertz CT molecular complexity index is 372. The monoisotopic (exact) mass is 283 g/mol. The quantitative estimate of drug-likeness (QED) is 0.804. The van der Waals surface area contributed by atoms with E-state index in [0.717, 1.165) is 32.2 Å². The highest BCUT2D eigenvalue weighted by atomic mass is 16.6. The molecule has 116 valence electrons. The topological polar surface area (TPSA) is 49.8 Å². The summed E-state index contributed by atoms with van der Waals surface area (Å²) in [7, 11) is 0. The average molecular weight is 283 g/mol. The van der Waals surface area contributed by atoms with Crippen molar-refractivity contribution in [1.29, 1.82) is 0 Å². The Morgan fingerprint density at radius 2 is 1.95 bits per heavy atom. The number of ether oxygens (including phenoxy) is 1. The highest BCUT2D eigenvalue weighted by Crippen LogP contribution is 2.45. The molecule has 3 atom stereocenters. The second-order valence-corrected chi connectivity index (χ2v) is 8.02. The Kier molecular flexibility index (Phi) is 4.07. The van der Waals surface area contributed by atoms with Crippen molar-refractivity contribution >= 4 is 6.09 Å². The fraction of sp³-hybridized carbons (Fsp3) is 0.938. The minimum absolute atomic E-state index is 0.0349. The van der Waals surface area contributed by atoms with Gasteiger partial charge in [-0.25, -0.2) is 4.79 Å². The number of likely N-dealkylation sites (tertiary alicyclic amines) is 1. The lowest BCUT2D eigenvalue weighted by molar-refractivity contribution is -0.00515. The maximum atomic E-state index is 12.3. The number of hydrogen-bond donors (Lipinski definition) is 1. The number of aliphatic hydroxyl groups is 1. The second-order valence-electron chi connectivity index (χ2n) is 8.02. The fourth-order valence-corrected chi connectivity index (χ4v) is 3.61. The standard InChI is InChI=1S/C16H29NO3/c1-15(2,3)20-14(19)17-10-6-7-12(17)11-8-9-16(4,5)13(11)18/h11-13,18H,6-10H2,1-5H3. The molecule has 0 aromatic heterocycles. The van der Waals surface area contributed by atoms with Crippen LogP contribution in [0.1, 0.15) is 60.3 Å². The summed E-state index contributed by atoms with van der Waals surface area (Å²) >= 11 is 0. The maximum Gasteiger partial charge on any atom is 0.410 e. The van der Waals surface area contributed by atoms with Gasteiger partial charge in [-0.1, -0.05) is 13.8 Å². The summed E-state index contributed by atoms with van der Waals surface area (Å²) in [5.74, 6) is 0.194. The van der Waals surface area contributed by atoms with E-state index < -0.39 is 5.60 Å². The van der Waals surface area contributed by atoms with E-state index in [1.54, 1.807) is 0 Å². The van der Waals surface area contributed by atoms with Gasteiger partial charge in [-0.3, -0.25) is 0 Å². The molecule has 2 fully saturated rings. The maximum absolute atomic E-state index is 12.3. The van der Waals surface area contributed by atoms with Crippen LogP contribution in [-0.2, 0) is 4.74 Å². The zero-order chi connectivity index (χ0) is 15.1. The number of hydrogen-bond acceptors (Lipinski definition) is 3. The largest absolute Gasteiger partial charge is 0.444 e. The van der Waals surface area contributed by atoms with Gasteiger partial charge in [0.25, 0.3) is 0 Å². The molecule has 2 aliphatic rings. The van der Waals surface area contributed by atoms with Crippen molar-refractivity contribution in [1.82, 2.24) is 4.90 Å². The van der Waals surface area contributed by atoms with Crippen LogP contribution in [0.2, 0.25) is 0 Å². The van der Waals surface area contributed by atoms with Crippen molar-refractivity contribution in [3.8, 4) is 0 Å². The minimum Gasteiger partial charge on any atom is -0.444 e. The second kappa shape index (κ2) is 5.21. The average Bonchev–Trinajstić information content (AvgIpc) is 2.83. The molecule has 0 aromatic carbocycles. The Morgan fingerprint density at radius 1 is 1.30 bits per heavy atom. The zero-order valence-corrected chi connectivity index (χ0v) is 13.5. The van der Waals surface area contributed by atoms with Crippen molar-refractivity contribution in [3.05, 3.63) is 0 Å². The van der Waals surface area contributed by atoms with Gasteiger partial charge in [0.1, 0.15) is 5.60 Å². The van der Waals surface area contributed by atoms with Crippen LogP contribution in [0.3, 0.4) is 0 Å².